The van der Waals surface area contributed by atoms with Crippen LogP contribution < -0.4 is 5.73 Å². The zero-order valence-electron chi connectivity index (χ0n) is 5.79. The van der Waals surface area contributed by atoms with Gasteiger partial charge in [-0.25, -0.2) is 0 Å². The second-order valence-corrected chi connectivity index (χ2v) is 2.25. The Morgan fingerprint density at radius 3 is 2.33 bits per heavy atom. The van der Waals surface area contributed by atoms with Gasteiger partial charge in [0.25, 0.3) is 0 Å². The summed E-state index contributed by atoms with van der Waals surface area (Å²) >= 11 is 0. The van der Waals surface area contributed by atoms with Gasteiger partial charge in [0.15, 0.2) is 0 Å². The quantitative estimate of drug-likeness (QED) is 0.439. The molecule has 0 unspecified atom stereocenters. The summed E-state index contributed by atoms with van der Waals surface area (Å²) in [5.41, 5.74) is 5.27. The molecular weight excluding hydrogens is 125 g/mol. The average Bonchev–Trinajstić information content (AvgIpc) is 1.84. The lowest BCUT2D eigenvalue weighted by molar-refractivity contribution is -0.139. The minimum atomic E-state index is -0.913. The third-order valence-corrected chi connectivity index (χ3v) is 1.54. The first-order valence-corrected chi connectivity index (χ1v) is 3.08. The van der Waals surface area contributed by atoms with Gasteiger partial charge in [-0.2, -0.15) is 0 Å². The molecule has 54 valence electrons. The summed E-state index contributed by atoms with van der Waals surface area (Å²) in [6, 6.07) is -0.699. The van der Waals surface area contributed by atoms with Crippen LogP contribution >= 0.6 is 0 Å². The Bertz CT molecular complexity index is 103. The highest BCUT2D eigenvalue weighted by Crippen LogP contribution is 2.04. The number of nitrogens with two attached hydrogens (primary N) is 1. The third-order valence-electron chi connectivity index (χ3n) is 1.54. The van der Waals surface area contributed by atoms with Crippen LogP contribution in [0, 0.1) is 5.92 Å². The molecule has 0 aliphatic heterocycles. The van der Waals surface area contributed by atoms with E-state index in [9.17, 15) is 4.79 Å². The van der Waals surface area contributed by atoms with E-state index in [1.807, 2.05) is 13.8 Å². The van der Waals surface area contributed by atoms with Crippen molar-refractivity contribution in [1.82, 2.24) is 0 Å². The topological polar surface area (TPSA) is 63.3 Å². The largest absolute Gasteiger partial charge is 0.480 e. The number of carbonyl (C=O) groups is 1. The molecule has 0 saturated heterocycles. The van der Waals surface area contributed by atoms with Gasteiger partial charge < -0.3 is 10.8 Å². The summed E-state index contributed by atoms with van der Waals surface area (Å²) in [7, 11) is 0. The van der Waals surface area contributed by atoms with Crippen molar-refractivity contribution in [1.29, 1.82) is 0 Å². The maximum absolute atomic E-state index is 10.2. The lowest BCUT2D eigenvalue weighted by atomic mass is 11.0. The maximum Gasteiger partial charge on any atom is 0.320 e. The molecule has 9 heavy (non-hydrogen) atoms. The van der Waals surface area contributed by atoms with Crippen LogP contribution in [0.2, 0.25) is 0 Å². The van der Waals surface area contributed by atoms with E-state index in [2.05, 4.69) is 0 Å². The Morgan fingerprint density at radius 1 is 1.78 bits per heavy atom. The molecule has 0 rings (SSSR count). The number of aliphatic carboxylic acids is 1. The molecule has 0 aromatic carbocycles. The minimum absolute atomic E-state index is 0.0718. The van der Waals surface area contributed by atoms with Gasteiger partial charge in [-0.3, -0.25) is 4.79 Å². The van der Waals surface area contributed by atoms with Gasteiger partial charge in [0.1, 0.15) is 6.04 Å². The first kappa shape index (κ1) is 8.43. The molecule has 0 aromatic heterocycles. The van der Waals surface area contributed by atoms with E-state index in [4.69, 9.17) is 10.8 Å². The average molecular weight is 138 g/mol. The molecule has 0 saturated carbocycles. The summed E-state index contributed by atoms with van der Waals surface area (Å²) in [5, 5.41) is 8.36. The summed E-state index contributed by atoms with van der Waals surface area (Å²) in [6.07, 6.45) is 0.813. The van der Waals surface area contributed by atoms with Gasteiger partial charge in [0.2, 0.25) is 0 Å². The van der Waals surface area contributed by atoms with Crippen LogP contribution in [-0.4, -0.2) is 17.1 Å². The maximum atomic E-state index is 10.2. The van der Waals surface area contributed by atoms with Crippen molar-refractivity contribution in [3.63, 3.8) is 0 Å². The minimum Gasteiger partial charge on any atom is -0.480 e. The van der Waals surface area contributed by atoms with E-state index < -0.39 is 12.0 Å². The number of hydrogen-bond acceptors (Lipinski definition) is 2. The van der Waals surface area contributed by atoms with Gasteiger partial charge in [-0.05, 0) is 5.92 Å². The predicted octanol–water partition coefficient (Wildman–Crippen LogP) is 0.444. The van der Waals surface area contributed by atoms with Crippen LogP contribution in [0.1, 0.15) is 20.3 Å². The molecule has 3 nitrogen and oxygen atoms in total. The van der Waals surface area contributed by atoms with Gasteiger partial charge in [-0.1, -0.05) is 20.3 Å². The number of carboxylic acids is 1. The SMILES string of the molecule is [13CH3][13CH2][13C@H]([13CH3])[13C@@H]([15NH2])[13C](=O)O. The molecule has 3 N–H and O–H groups in total. The molecule has 0 aliphatic carbocycles. The van der Waals surface area contributed by atoms with E-state index in [0.29, 0.717) is 0 Å². The van der Waals surface area contributed by atoms with Crippen molar-refractivity contribution in [3.05, 3.63) is 0 Å². The number of carboxylic acid groups (broad SMARTS) is 1. The van der Waals surface area contributed by atoms with E-state index in [0.717, 1.165) is 6.42 Å². The van der Waals surface area contributed by atoms with Crippen molar-refractivity contribution in [2.75, 3.05) is 0 Å². The summed E-state index contributed by atoms with van der Waals surface area (Å²) in [4.78, 5) is 10.2. The standard InChI is InChI=1S/C6H13NO2/c1-3-4(2)5(7)6(8)9/h4-5H,3,7H2,1-2H3,(H,8,9)/t4-,5+/m0/s1/i1+1,2+1,3+1,4+1,5+1,6+1,7+1. The van der Waals surface area contributed by atoms with Crippen molar-refractivity contribution in [3.8, 4) is 0 Å². The van der Waals surface area contributed by atoms with E-state index in [1.54, 1.807) is 0 Å². The highest BCUT2D eigenvalue weighted by atomic mass is 16.5. The zero-order chi connectivity index (χ0) is 7.44. The molecule has 0 aliphatic rings. The van der Waals surface area contributed by atoms with E-state index in [1.165, 1.54) is 0 Å². The van der Waals surface area contributed by atoms with E-state index >= 15 is 0 Å². The summed E-state index contributed by atoms with van der Waals surface area (Å²) in [5.74, 6) is -0.841. The number of rotatable bonds is 3. The summed E-state index contributed by atoms with van der Waals surface area (Å²) in [6.45, 7) is 3.76. The second-order valence-electron chi connectivity index (χ2n) is 2.25. The Balaban J connectivity index is 3.72. The lowest BCUT2D eigenvalue weighted by Gasteiger charge is -2.11. The Labute approximate surface area is 54.9 Å². The molecule has 0 aromatic rings. The molecule has 0 radical (unpaired) electrons. The Morgan fingerprint density at radius 2 is 2.22 bits per heavy atom. The molecule has 0 amide bonds. The fraction of sp³-hybridized carbons (Fsp3) is 0.833. The van der Waals surface area contributed by atoms with Gasteiger partial charge in [-0.15, -0.1) is 0 Å². The first-order valence-electron chi connectivity index (χ1n) is 3.08. The number of hydrogen-bond donors (Lipinski definition) is 2. The summed E-state index contributed by atoms with van der Waals surface area (Å²) < 4.78 is 0. The molecule has 0 heterocycles. The lowest BCUT2D eigenvalue weighted by Crippen LogP contribution is -2.36. The fourth-order valence-electron chi connectivity index (χ4n) is 0.497. The molecule has 0 bridgehead atoms. The fourth-order valence-corrected chi connectivity index (χ4v) is 0.497. The van der Waals surface area contributed by atoms with Gasteiger partial charge >= 0.3 is 5.97 Å². The molecule has 0 fully saturated rings. The van der Waals surface area contributed by atoms with Gasteiger partial charge in [0, 0.05) is 0 Å². The van der Waals surface area contributed by atoms with Crippen LogP contribution in [0.3, 0.4) is 0 Å². The van der Waals surface area contributed by atoms with Crippen molar-refractivity contribution in [2.45, 2.75) is 26.3 Å². The third kappa shape index (κ3) is 2.46. The smallest absolute Gasteiger partial charge is 0.320 e. The monoisotopic (exact) mass is 138 g/mol. The molecule has 3 heteroatoms. The highest BCUT2D eigenvalue weighted by Gasteiger charge is 2.17. The van der Waals surface area contributed by atoms with Gasteiger partial charge in [0.05, 0.1) is 0 Å². The Hall–Kier alpha value is -0.570. The molecular formula is C6H13NO2. The molecule has 2 atom stereocenters. The highest BCUT2D eigenvalue weighted by molar-refractivity contribution is 5.73. The van der Waals surface area contributed by atoms with Crippen LogP contribution in [0.4, 0.5) is 0 Å². The predicted molar refractivity (Wildman–Crippen MR) is 35.1 cm³/mol. The Kier molecular flexibility index (Phi) is 3.24. The van der Waals surface area contributed by atoms with Crippen LogP contribution in [0.25, 0.3) is 0 Å². The van der Waals surface area contributed by atoms with Crippen LogP contribution in [-0.2, 0) is 4.79 Å². The zero-order valence-corrected chi connectivity index (χ0v) is 5.79. The van der Waals surface area contributed by atoms with Crippen molar-refractivity contribution >= 4 is 5.97 Å². The normalized spacial score (nSPS) is 16.8. The van der Waals surface area contributed by atoms with Crippen LogP contribution in [0.5, 0.6) is 0 Å². The van der Waals surface area contributed by atoms with Crippen LogP contribution in [0.15, 0.2) is 0 Å². The van der Waals surface area contributed by atoms with Crippen molar-refractivity contribution < 1.29 is 9.90 Å². The molecule has 0 spiro atoms. The first-order chi connectivity index (χ1) is 4.09. The second kappa shape index (κ2) is 3.45. The van der Waals surface area contributed by atoms with Crippen molar-refractivity contribution in [2.24, 2.45) is 11.7 Å². The van der Waals surface area contributed by atoms with E-state index in [-0.39, 0.29) is 5.92 Å².